The molecule has 2 aromatic heterocycles. The summed E-state index contributed by atoms with van der Waals surface area (Å²) in [4.78, 5) is 0. The number of hydrogen-bond donors (Lipinski definition) is 1. The molecule has 0 aliphatic carbocycles. The molecule has 0 atom stereocenters. The summed E-state index contributed by atoms with van der Waals surface area (Å²) in [5, 5.41) is 10.2. The molecule has 0 unspecified atom stereocenters. The quantitative estimate of drug-likeness (QED) is 0.707. The minimum absolute atomic E-state index is 0.167. The first-order valence-corrected chi connectivity index (χ1v) is 5.54. The molecule has 0 fully saturated rings. The fraction of sp³-hybridized carbons (Fsp3) is 0.0714. The third-order valence-corrected chi connectivity index (χ3v) is 3.12. The van der Waals surface area contributed by atoms with Crippen LogP contribution in [0.5, 0.6) is 0 Å². The predicted octanol–water partition coefficient (Wildman–Crippen LogP) is 2.89. The van der Waals surface area contributed by atoms with Gasteiger partial charge >= 0.3 is 0 Å². The van der Waals surface area contributed by atoms with Crippen LogP contribution in [0.3, 0.4) is 0 Å². The molecule has 0 aliphatic heterocycles. The number of benzene rings is 1. The van der Waals surface area contributed by atoms with Crippen molar-refractivity contribution in [1.82, 2.24) is 4.57 Å². The molecule has 4 nitrogen and oxygen atoms in total. The van der Waals surface area contributed by atoms with E-state index in [0.29, 0.717) is 5.56 Å². The van der Waals surface area contributed by atoms with Crippen molar-refractivity contribution in [2.45, 2.75) is 0 Å². The van der Waals surface area contributed by atoms with Gasteiger partial charge in [0.2, 0.25) is 5.88 Å². The monoisotopic (exact) mass is 237 g/mol. The average Bonchev–Trinajstić information content (AvgIpc) is 2.91. The molecule has 1 aromatic carbocycles. The van der Waals surface area contributed by atoms with E-state index in [0.717, 1.165) is 22.0 Å². The van der Waals surface area contributed by atoms with Crippen molar-refractivity contribution in [2.75, 3.05) is 5.73 Å². The molecular formula is C14H11N3O. The van der Waals surface area contributed by atoms with E-state index in [4.69, 9.17) is 15.4 Å². The number of fused-ring (bicyclic) bond motifs is 1. The summed E-state index contributed by atoms with van der Waals surface area (Å²) < 4.78 is 7.17. The minimum atomic E-state index is 0.167. The Morgan fingerprint density at radius 1 is 1.28 bits per heavy atom. The van der Waals surface area contributed by atoms with Crippen LogP contribution in [0.1, 0.15) is 5.56 Å². The van der Waals surface area contributed by atoms with Gasteiger partial charge in [-0.15, -0.1) is 0 Å². The van der Waals surface area contributed by atoms with E-state index < -0.39 is 0 Å². The fourth-order valence-electron chi connectivity index (χ4n) is 2.24. The van der Waals surface area contributed by atoms with Crippen LogP contribution < -0.4 is 5.73 Å². The maximum atomic E-state index is 9.13. The van der Waals surface area contributed by atoms with Gasteiger partial charge in [-0.3, -0.25) is 0 Å². The number of nitrogens with zero attached hydrogens (tertiary/aromatic N) is 2. The first kappa shape index (κ1) is 10.5. The third kappa shape index (κ3) is 1.31. The van der Waals surface area contributed by atoms with Gasteiger partial charge in [0.25, 0.3) is 0 Å². The van der Waals surface area contributed by atoms with Crippen LogP contribution in [0.25, 0.3) is 22.0 Å². The van der Waals surface area contributed by atoms with Crippen molar-refractivity contribution in [3.05, 3.63) is 42.3 Å². The largest absolute Gasteiger partial charge is 0.447 e. The molecule has 0 amide bonds. The zero-order valence-corrected chi connectivity index (χ0v) is 9.84. The lowest BCUT2D eigenvalue weighted by Gasteiger charge is -1.95. The fourth-order valence-corrected chi connectivity index (χ4v) is 2.24. The van der Waals surface area contributed by atoms with Crippen molar-refractivity contribution in [2.24, 2.45) is 7.05 Å². The Labute approximate surface area is 104 Å². The highest BCUT2D eigenvalue weighted by molar-refractivity contribution is 5.97. The van der Waals surface area contributed by atoms with Gasteiger partial charge in [-0.05, 0) is 6.07 Å². The molecule has 2 N–H and O–H groups in total. The first-order chi connectivity index (χ1) is 8.72. The van der Waals surface area contributed by atoms with Gasteiger partial charge in [-0.2, -0.15) is 5.26 Å². The maximum Gasteiger partial charge on any atom is 0.208 e. The highest BCUT2D eigenvalue weighted by Gasteiger charge is 2.16. The molecule has 0 saturated heterocycles. The molecule has 4 heteroatoms. The Kier molecular flexibility index (Phi) is 2.14. The summed E-state index contributed by atoms with van der Waals surface area (Å²) in [7, 11) is 1.97. The SMILES string of the molecule is Cn1cc(-c2coc(N)c2C#N)c2ccccc21. The van der Waals surface area contributed by atoms with E-state index in [1.54, 1.807) is 0 Å². The van der Waals surface area contributed by atoms with Crippen LogP contribution in [0.2, 0.25) is 0 Å². The van der Waals surface area contributed by atoms with Gasteiger partial charge < -0.3 is 14.7 Å². The summed E-state index contributed by atoms with van der Waals surface area (Å²) >= 11 is 0. The molecule has 3 aromatic rings. The molecule has 3 rings (SSSR count). The van der Waals surface area contributed by atoms with Gasteiger partial charge in [-0.1, -0.05) is 18.2 Å². The Balaban J connectivity index is 2.36. The Morgan fingerprint density at radius 3 is 2.83 bits per heavy atom. The van der Waals surface area contributed by atoms with Crippen molar-refractivity contribution < 1.29 is 4.42 Å². The molecule has 0 spiro atoms. The molecule has 0 aliphatic rings. The number of nitriles is 1. The molecule has 18 heavy (non-hydrogen) atoms. The standard InChI is InChI=1S/C14H11N3O/c1-17-7-11(9-4-2-3-5-13(9)17)12-8-18-14(16)10(12)6-15/h2-5,7-8H,16H2,1H3. The number of aromatic nitrogens is 1. The highest BCUT2D eigenvalue weighted by Crippen LogP contribution is 2.35. The van der Waals surface area contributed by atoms with Gasteiger partial charge in [0, 0.05) is 35.3 Å². The smallest absolute Gasteiger partial charge is 0.208 e. The Morgan fingerprint density at radius 2 is 2.06 bits per heavy atom. The van der Waals surface area contributed by atoms with Crippen molar-refractivity contribution in [3.63, 3.8) is 0 Å². The van der Waals surface area contributed by atoms with Gasteiger partial charge in [0.05, 0.1) is 0 Å². The first-order valence-electron chi connectivity index (χ1n) is 5.54. The van der Waals surface area contributed by atoms with Gasteiger partial charge in [-0.25, -0.2) is 0 Å². The summed E-state index contributed by atoms with van der Waals surface area (Å²) in [6.07, 6.45) is 3.52. The van der Waals surface area contributed by atoms with Crippen LogP contribution in [0.4, 0.5) is 5.88 Å². The van der Waals surface area contributed by atoms with E-state index in [9.17, 15) is 0 Å². The second-order valence-electron chi connectivity index (χ2n) is 4.17. The average molecular weight is 237 g/mol. The van der Waals surface area contributed by atoms with E-state index in [1.165, 1.54) is 6.26 Å². The number of para-hydroxylation sites is 1. The number of furan rings is 1. The van der Waals surface area contributed by atoms with Gasteiger partial charge in [0.15, 0.2) is 0 Å². The second-order valence-corrected chi connectivity index (χ2v) is 4.17. The maximum absolute atomic E-state index is 9.13. The normalized spacial score (nSPS) is 10.7. The number of anilines is 1. The molecule has 0 bridgehead atoms. The molecular weight excluding hydrogens is 226 g/mol. The Hall–Kier alpha value is -2.67. The van der Waals surface area contributed by atoms with E-state index in [-0.39, 0.29) is 5.88 Å². The number of nitrogens with two attached hydrogens (primary N) is 1. The molecule has 2 heterocycles. The topological polar surface area (TPSA) is 67.9 Å². The van der Waals surface area contributed by atoms with Crippen LogP contribution in [0, 0.1) is 11.3 Å². The molecule has 88 valence electrons. The number of rotatable bonds is 1. The number of nitrogen functional groups attached to an aromatic ring is 1. The van der Waals surface area contributed by atoms with Crippen molar-refractivity contribution >= 4 is 16.8 Å². The third-order valence-electron chi connectivity index (χ3n) is 3.12. The highest BCUT2D eigenvalue weighted by atomic mass is 16.3. The van der Waals surface area contributed by atoms with Gasteiger partial charge in [0.1, 0.15) is 17.9 Å². The van der Waals surface area contributed by atoms with Crippen LogP contribution >= 0.6 is 0 Å². The zero-order valence-electron chi connectivity index (χ0n) is 9.84. The van der Waals surface area contributed by atoms with Crippen molar-refractivity contribution in [1.29, 1.82) is 5.26 Å². The summed E-state index contributed by atoms with van der Waals surface area (Å²) in [5.41, 5.74) is 8.85. The van der Waals surface area contributed by atoms with Crippen molar-refractivity contribution in [3.8, 4) is 17.2 Å². The Bertz CT molecular complexity index is 774. The predicted molar refractivity (Wildman–Crippen MR) is 69.7 cm³/mol. The van der Waals surface area contributed by atoms with Crippen LogP contribution in [-0.2, 0) is 7.05 Å². The molecule has 0 saturated carbocycles. The van der Waals surface area contributed by atoms with Crippen LogP contribution in [-0.4, -0.2) is 4.57 Å². The second kappa shape index (κ2) is 3.67. The molecule has 0 radical (unpaired) electrons. The number of hydrogen-bond acceptors (Lipinski definition) is 3. The number of aryl methyl sites for hydroxylation is 1. The van der Waals surface area contributed by atoms with E-state index in [1.807, 2.05) is 42.1 Å². The lowest BCUT2D eigenvalue weighted by Crippen LogP contribution is -1.85. The van der Waals surface area contributed by atoms with E-state index >= 15 is 0 Å². The minimum Gasteiger partial charge on any atom is -0.447 e. The van der Waals surface area contributed by atoms with Crippen LogP contribution in [0.15, 0.2) is 41.1 Å². The summed E-state index contributed by atoms with van der Waals surface area (Å²) in [6.45, 7) is 0. The summed E-state index contributed by atoms with van der Waals surface area (Å²) in [6, 6.07) is 10.1. The van der Waals surface area contributed by atoms with E-state index in [2.05, 4.69) is 6.07 Å². The lowest BCUT2D eigenvalue weighted by molar-refractivity contribution is 0.588. The lowest BCUT2D eigenvalue weighted by atomic mass is 10.0. The summed E-state index contributed by atoms with van der Waals surface area (Å²) in [5.74, 6) is 0.167. The zero-order chi connectivity index (χ0) is 12.7.